The summed E-state index contributed by atoms with van der Waals surface area (Å²) in [5, 5.41) is 19.8. The fraction of sp³-hybridized carbons (Fsp3) is 0.400. The first kappa shape index (κ1) is 11.5. The normalized spacial score (nSPS) is 11.4. The van der Waals surface area contributed by atoms with Gasteiger partial charge in [0.05, 0.1) is 4.92 Å². The minimum absolute atomic E-state index is 0.284. The van der Waals surface area contributed by atoms with E-state index < -0.39 is 10.5 Å². The zero-order valence-electron chi connectivity index (χ0n) is 8.73. The quantitative estimate of drug-likeness (QED) is 0.585. The smallest absolute Gasteiger partial charge is 0.310 e. The van der Waals surface area contributed by atoms with E-state index >= 15 is 0 Å². The van der Waals surface area contributed by atoms with Crippen molar-refractivity contribution in [2.45, 2.75) is 25.8 Å². The van der Waals surface area contributed by atoms with Crippen LogP contribution in [0, 0.1) is 10.1 Å². The third-order valence-electron chi connectivity index (χ3n) is 1.90. The second-order valence-corrected chi connectivity index (χ2v) is 4.25. The number of hydrogen-bond donors (Lipinski definition) is 2. The van der Waals surface area contributed by atoms with Gasteiger partial charge < -0.3 is 10.8 Å². The fourth-order valence-electron chi connectivity index (χ4n) is 1.36. The summed E-state index contributed by atoms with van der Waals surface area (Å²) >= 11 is 0. The highest BCUT2D eigenvalue weighted by Gasteiger charge is 2.16. The molecule has 0 spiro atoms. The van der Waals surface area contributed by atoms with E-state index in [-0.39, 0.29) is 11.4 Å². The summed E-state index contributed by atoms with van der Waals surface area (Å²) in [4.78, 5) is 9.82. The van der Waals surface area contributed by atoms with Crippen molar-refractivity contribution in [2.24, 2.45) is 5.73 Å². The molecule has 0 unspecified atom stereocenters. The molecular formula is C10H14N2O3. The largest absolute Gasteiger partial charge is 0.502 e. The lowest BCUT2D eigenvalue weighted by Crippen LogP contribution is -2.34. The van der Waals surface area contributed by atoms with Crippen molar-refractivity contribution in [3.63, 3.8) is 0 Å². The maximum absolute atomic E-state index is 10.4. The molecule has 0 aliphatic rings. The van der Waals surface area contributed by atoms with Gasteiger partial charge in [0, 0.05) is 11.6 Å². The molecule has 0 fully saturated rings. The summed E-state index contributed by atoms with van der Waals surface area (Å²) in [5.41, 5.74) is 5.90. The van der Waals surface area contributed by atoms with Crippen LogP contribution in [0.3, 0.4) is 0 Å². The second kappa shape index (κ2) is 3.86. The molecule has 0 aliphatic carbocycles. The Morgan fingerprint density at radius 3 is 2.53 bits per heavy atom. The van der Waals surface area contributed by atoms with Crippen LogP contribution < -0.4 is 5.73 Å². The van der Waals surface area contributed by atoms with Gasteiger partial charge in [-0.1, -0.05) is 6.07 Å². The Balaban J connectivity index is 2.97. The molecule has 82 valence electrons. The monoisotopic (exact) mass is 210 g/mol. The minimum atomic E-state index is -0.618. The number of nitro benzene ring substituents is 1. The molecule has 1 rings (SSSR count). The van der Waals surface area contributed by atoms with E-state index in [2.05, 4.69) is 0 Å². The standard InChI is InChI=1S/C10H14N2O3/c1-10(2,11)6-7-3-4-8(12(14)15)9(13)5-7/h3-5,13H,6,11H2,1-2H3. The van der Waals surface area contributed by atoms with Crippen molar-refractivity contribution < 1.29 is 10.0 Å². The van der Waals surface area contributed by atoms with Crippen molar-refractivity contribution in [1.82, 2.24) is 0 Å². The van der Waals surface area contributed by atoms with Crippen LogP contribution in [0.25, 0.3) is 0 Å². The molecule has 1 aromatic rings. The van der Waals surface area contributed by atoms with Crippen molar-refractivity contribution in [1.29, 1.82) is 0 Å². The molecular weight excluding hydrogens is 196 g/mol. The highest BCUT2D eigenvalue weighted by Crippen LogP contribution is 2.27. The molecule has 0 atom stereocenters. The summed E-state index contributed by atoms with van der Waals surface area (Å²) in [6.07, 6.45) is 0.554. The third kappa shape index (κ3) is 3.21. The third-order valence-corrected chi connectivity index (χ3v) is 1.90. The van der Waals surface area contributed by atoms with Crippen LogP contribution in [0.15, 0.2) is 18.2 Å². The second-order valence-electron chi connectivity index (χ2n) is 4.25. The van der Waals surface area contributed by atoms with Crippen LogP contribution in [-0.4, -0.2) is 15.6 Å². The van der Waals surface area contributed by atoms with E-state index in [4.69, 9.17) is 5.73 Å². The van der Waals surface area contributed by atoms with Crippen LogP contribution in [0.5, 0.6) is 5.75 Å². The first-order valence-corrected chi connectivity index (χ1v) is 4.55. The van der Waals surface area contributed by atoms with E-state index in [9.17, 15) is 15.2 Å². The van der Waals surface area contributed by atoms with Crippen LogP contribution in [-0.2, 0) is 6.42 Å². The van der Waals surface area contributed by atoms with Gasteiger partial charge in [-0.2, -0.15) is 0 Å². The molecule has 0 radical (unpaired) electrons. The van der Waals surface area contributed by atoms with Gasteiger partial charge in [-0.15, -0.1) is 0 Å². The molecule has 0 bridgehead atoms. The number of nitrogens with two attached hydrogens (primary N) is 1. The highest BCUT2D eigenvalue weighted by molar-refractivity contribution is 5.47. The summed E-state index contributed by atoms with van der Waals surface area (Å²) in [7, 11) is 0. The number of phenolic OH excluding ortho intramolecular Hbond substituents is 1. The molecule has 0 saturated carbocycles. The first-order chi connectivity index (χ1) is 6.79. The minimum Gasteiger partial charge on any atom is -0.502 e. The van der Waals surface area contributed by atoms with E-state index in [0.29, 0.717) is 6.42 Å². The Kier molecular flexibility index (Phi) is 2.95. The van der Waals surface area contributed by atoms with Gasteiger partial charge in [-0.25, -0.2) is 0 Å². The van der Waals surface area contributed by atoms with Crippen LogP contribution in [0.2, 0.25) is 0 Å². The number of benzene rings is 1. The SMILES string of the molecule is CC(C)(N)Cc1ccc([N+](=O)[O-])c(O)c1. The number of aromatic hydroxyl groups is 1. The van der Waals surface area contributed by atoms with Crippen molar-refractivity contribution in [2.75, 3.05) is 0 Å². The lowest BCUT2D eigenvalue weighted by molar-refractivity contribution is -0.385. The number of nitro groups is 1. The average molecular weight is 210 g/mol. The van der Waals surface area contributed by atoms with Gasteiger partial charge in [0.15, 0.2) is 5.75 Å². The van der Waals surface area contributed by atoms with Crippen molar-refractivity contribution in [3.8, 4) is 5.75 Å². The first-order valence-electron chi connectivity index (χ1n) is 4.55. The summed E-state index contributed by atoms with van der Waals surface area (Å²) in [6.45, 7) is 3.71. The van der Waals surface area contributed by atoms with E-state index in [0.717, 1.165) is 5.56 Å². The Hall–Kier alpha value is -1.62. The molecule has 5 heteroatoms. The van der Waals surface area contributed by atoms with E-state index in [1.807, 2.05) is 13.8 Å². The molecule has 0 heterocycles. The van der Waals surface area contributed by atoms with Gasteiger partial charge in [-0.3, -0.25) is 10.1 Å². The predicted octanol–water partition coefficient (Wildman–Crippen LogP) is 1.58. The number of rotatable bonds is 3. The van der Waals surface area contributed by atoms with Gasteiger partial charge in [0.25, 0.3) is 0 Å². The Labute approximate surface area is 87.7 Å². The summed E-state index contributed by atoms with van der Waals surface area (Å²) < 4.78 is 0. The van der Waals surface area contributed by atoms with Crippen LogP contribution >= 0.6 is 0 Å². The number of hydrogen-bond acceptors (Lipinski definition) is 4. The van der Waals surface area contributed by atoms with Crippen molar-refractivity contribution >= 4 is 5.69 Å². The van der Waals surface area contributed by atoms with E-state index in [1.165, 1.54) is 12.1 Å². The summed E-state index contributed by atoms with van der Waals surface area (Å²) in [6, 6.07) is 4.27. The van der Waals surface area contributed by atoms with Gasteiger partial charge >= 0.3 is 5.69 Å². The molecule has 1 aromatic carbocycles. The molecule has 5 nitrogen and oxygen atoms in total. The van der Waals surface area contributed by atoms with Gasteiger partial charge in [-0.05, 0) is 31.9 Å². The average Bonchev–Trinajstić information content (AvgIpc) is 1.99. The van der Waals surface area contributed by atoms with Gasteiger partial charge in [0.1, 0.15) is 0 Å². The molecule has 0 saturated heterocycles. The zero-order chi connectivity index (χ0) is 11.6. The number of phenols is 1. The summed E-state index contributed by atoms with van der Waals surface area (Å²) in [5.74, 6) is -0.318. The molecule has 3 N–H and O–H groups in total. The lowest BCUT2D eigenvalue weighted by atomic mass is 9.96. The fourth-order valence-corrected chi connectivity index (χ4v) is 1.36. The maximum atomic E-state index is 10.4. The predicted molar refractivity (Wildman–Crippen MR) is 56.7 cm³/mol. The topological polar surface area (TPSA) is 89.4 Å². The number of nitrogens with zero attached hydrogens (tertiary/aromatic N) is 1. The van der Waals surface area contributed by atoms with Crippen LogP contribution in [0.4, 0.5) is 5.69 Å². The molecule has 0 aromatic heterocycles. The Bertz CT molecular complexity index is 383. The highest BCUT2D eigenvalue weighted by atomic mass is 16.6. The Morgan fingerprint density at radius 2 is 2.13 bits per heavy atom. The lowest BCUT2D eigenvalue weighted by Gasteiger charge is -2.18. The van der Waals surface area contributed by atoms with E-state index in [1.54, 1.807) is 6.07 Å². The maximum Gasteiger partial charge on any atom is 0.310 e. The molecule has 0 aliphatic heterocycles. The van der Waals surface area contributed by atoms with Gasteiger partial charge in [0.2, 0.25) is 0 Å². The van der Waals surface area contributed by atoms with Crippen molar-refractivity contribution in [3.05, 3.63) is 33.9 Å². The van der Waals surface area contributed by atoms with Crippen LogP contribution in [0.1, 0.15) is 19.4 Å². The molecule has 0 amide bonds. The zero-order valence-corrected chi connectivity index (χ0v) is 8.73. The molecule has 15 heavy (non-hydrogen) atoms. The Morgan fingerprint density at radius 1 is 1.53 bits per heavy atom.